The molecule has 0 aromatic carbocycles. The van der Waals surface area contributed by atoms with E-state index in [1.54, 1.807) is 12.4 Å². The van der Waals surface area contributed by atoms with Gasteiger partial charge in [-0.1, -0.05) is 25.8 Å². The molecule has 4 heteroatoms. The zero-order chi connectivity index (χ0) is 13.4. The van der Waals surface area contributed by atoms with Crippen molar-refractivity contribution in [1.29, 1.82) is 0 Å². The highest BCUT2D eigenvalue weighted by Crippen LogP contribution is 1.99. The molecule has 0 saturated heterocycles. The topological polar surface area (TPSA) is 54.0 Å². The first-order valence-corrected chi connectivity index (χ1v) is 6.03. The van der Waals surface area contributed by atoms with Gasteiger partial charge in [0.1, 0.15) is 0 Å². The van der Waals surface area contributed by atoms with Gasteiger partial charge in [0.2, 0.25) is 0 Å². The summed E-state index contributed by atoms with van der Waals surface area (Å²) in [4.78, 5) is 15.6. The molecule has 0 aliphatic rings. The molecule has 1 atom stereocenters. The minimum absolute atomic E-state index is 0.221. The van der Waals surface area contributed by atoms with Gasteiger partial charge in [-0.05, 0) is 24.0 Å². The van der Waals surface area contributed by atoms with E-state index in [1.165, 1.54) is 0 Å². The van der Waals surface area contributed by atoms with E-state index in [1.807, 2.05) is 26.0 Å². The molecule has 0 spiro atoms. The molecule has 0 bridgehead atoms. The molecular weight excluding hydrogens is 226 g/mol. The molecule has 0 aliphatic carbocycles. The molecular formula is C14H19N3O. The molecule has 1 aromatic heterocycles. The van der Waals surface area contributed by atoms with Crippen molar-refractivity contribution in [2.45, 2.75) is 26.3 Å². The number of carbonyl (C=O) groups excluding carboxylic acids is 1. The number of amides is 2. The third-order valence-corrected chi connectivity index (χ3v) is 2.55. The Kier molecular flexibility index (Phi) is 5.72. The molecule has 0 aliphatic heterocycles. The van der Waals surface area contributed by atoms with Crippen molar-refractivity contribution < 1.29 is 4.79 Å². The van der Waals surface area contributed by atoms with E-state index in [4.69, 9.17) is 6.42 Å². The summed E-state index contributed by atoms with van der Waals surface area (Å²) < 4.78 is 0. The Morgan fingerprint density at radius 3 is 2.89 bits per heavy atom. The molecule has 1 aromatic rings. The molecule has 2 N–H and O–H groups in total. The molecule has 4 nitrogen and oxygen atoms in total. The summed E-state index contributed by atoms with van der Waals surface area (Å²) in [5.74, 6) is 2.78. The van der Waals surface area contributed by atoms with Crippen molar-refractivity contribution in [2.24, 2.45) is 5.92 Å². The monoisotopic (exact) mass is 245 g/mol. The van der Waals surface area contributed by atoms with Crippen LogP contribution >= 0.6 is 0 Å². The SMILES string of the molecule is C#C[C@H](NC(=O)NCCc1cccnc1)C(C)C. The molecule has 18 heavy (non-hydrogen) atoms. The predicted molar refractivity (Wildman–Crippen MR) is 71.9 cm³/mol. The van der Waals surface area contributed by atoms with Gasteiger partial charge in [-0.2, -0.15) is 0 Å². The van der Waals surface area contributed by atoms with Crippen LogP contribution in [-0.4, -0.2) is 23.6 Å². The summed E-state index contributed by atoms with van der Waals surface area (Å²) in [5.41, 5.74) is 1.09. The maximum absolute atomic E-state index is 11.6. The fourth-order valence-corrected chi connectivity index (χ4v) is 1.46. The lowest BCUT2D eigenvalue weighted by molar-refractivity contribution is 0.237. The number of carbonyl (C=O) groups is 1. The molecule has 96 valence electrons. The quantitative estimate of drug-likeness (QED) is 0.774. The molecule has 1 heterocycles. The number of aromatic nitrogens is 1. The van der Waals surface area contributed by atoms with Crippen LogP contribution in [-0.2, 0) is 6.42 Å². The van der Waals surface area contributed by atoms with E-state index in [-0.39, 0.29) is 18.0 Å². The van der Waals surface area contributed by atoms with Crippen molar-refractivity contribution in [2.75, 3.05) is 6.54 Å². The number of hydrogen-bond donors (Lipinski definition) is 2. The fourth-order valence-electron chi connectivity index (χ4n) is 1.46. The molecule has 0 radical (unpaired) electrons. The van der Waals surface area contributed by atoms with E-state index < -0.39 is 0 Å². The Balaban J connectivity index is 2.28. The number of hydrogen-bond acceptors (Lipinski definition) is 2. The summed E-state index contributed by atoms with van der Waals surface area (Å²) in [5, 5.41) is 5.53. The van der Waals surface area contributed by atoms with E-state index in [2.05, 4.69) is 21.5 Å². The summed E-state index contributed by atoms with van der Waals surface area (Å²) in [6, 6.07) is 3.40. The maximum atomic E-state index is 11.6. The number of terminal acetylenes is 1. The molecule has 0 unspecified atom stereocenters. The van der Waals surface area contributed by atoms with E-state index in [9.17, 15) is 4.79 Å². The number of nitrogens with one attached hydrogen (secondary N) is 2. The summed E-state index contributed by atoms with van der Waals surface area (Å²) in [6.07, 6.45) is 9.61. The first-order valence-electron chi connectivity index (χ1n) is 6.03. The molecule has 2 amide bonds. The van der Waals surface area contributed by atoms with Gasteiger partial charge in [0.15, 0.2) is 0 Å². The van der Waals surface area contributed by atoms with Crippen LogP contribution in [0.1, 0.15) is 19.4 Å². The van der Waals surface area contributed by atoms with E-state index >= 15 is 0 Å². The molecule has 0 fully saturated rings. The van der Waals surface area contributed by atoms with Crippen LogP contribution in [0, 0.1) is 18.3 Å². The normalized spacial score (nSPS) is 11.7. The summed E-state index contributed by atoms with van der Waals surface area (Å²) >= 11 is 0. The van der Waals surface area contributed by atoms with E-state index in [0.717, 1.165) is 12.0 Å². The minimum atomic E-state index is -0.233. The average Bonchev–Trinajstić information content (AvgIpc) is 2.37. The Morgan fingerprint density at radius 1 is 1.56 bits per heavy atom. The van der Waals surface area contributed by atoms with Crippen molar-refractivity contribution in [1.82, 2.24) is 15.6 Å². The molecule has 0 saturated carbocycles. The Bertz CT molecular complexity index is 409. The van der Waals surface area contributed by atoms with Crippen molar-refractivity contribution in [3.05, 3.63) is 30.1 Å². The third kappa shape index (κ3) is 4.88. The van der Waals surface area contributed by atoms with Crippen LogP contribution in [0.3, 0.4) is 0 Å². The van der Waals surface area contributed by atoms with Gasteiger partial charge in [-0.25, -0.2) is 4.79 Å². The van der Waals surface area contributed by atoms with Gasteiger partial charge in [0, 0.05) is 18.9 Å². The second kappa shape index (κ2) is 7.33. The zero-order valence-electron chi connectivity index (χ0n) is 10.8. The Morgan fingerprint density at radius 2 is 2.33 bits per heavy atom. The largest absolute Gasteiger partial charge is 0.338 e. The number of rotatable bonds is 5. The highest BCUT2D eigenvalue weighted by molar-refractivity contribution is 5.74. The standard InChI is InChI=1S/C14H19N3O/c1-4-13(11(2)3)17-14(18)16-9-7-12-6-5-8-15-10-12/h1,5-6,8,10-11,13H,7,9H2,2-3H3,(H2,16,17,18)/t13-/m0/s1. The summed E-state index contributed by atoms with van der Waals surface area (Å²) in [6.45, 7) is 4.51. The fraction of sp³-hybridized carbons (Fsp3) is 0.429. The third-order valence-electron chi connectivity index (χ3n) is 2.55. The maximum Gasteiger partial charge on any atom is 0.315 e. The van der Waals surface area contributed by atoms with Gasteiger partial charge < -0.3 is 10.6 Å². The average molecular weight is 245 g/mol. The van der Waals surface area contributed by atoms with Crippen LogP contribution in [0.15, 0.2) is 24.5 Å². The minimum Gasteiger partial charge on any atom is -0.338 e. The van der Waals surface area contributed by atoms with Gasteiger partial charge >= 0.3 is 6.03 Å². The Labute approximate surface area is 108 Å². The number of pyridine rings is 1. The van der Waals surface area contributed by atoms with Crippen molar-refractivity contribution in [3.63, 3.8) is 0 Å². The smallest absolute Gasteiger partial charge is 0.315 e. The second-order valence-electron chi connectivity index (χ2n) is 4.40. The van der Waals surface area contributed by atoms with Crippen LogP contribution in [0.4, 0.5) is 4.79 Å². The highest BCUT2D eigenvalue weighted by Gasteiger charge is 2.12. The first kappa shape index (κ1) is 14.0. The second-order valence-corrected chi connectivity index (χ2v) is 4.40. The van der Waals surface area contributed by atoms with E-state index in [0.29, 0.717) is 6.54 Å². The van der Waals surface area contributed by atoms with Crippen molar-refractivity contribution in [3.8, 4) is 12.3 Å². The van der Waals surface area contributed by atoms with Gasteiger partial charge in [-0.15, -0.1) is 6.42 Å². The lowest BCUT2D eigenvalue weighted by Gasteiger charge is -2.16. The van der Waals surface area contributed by atoms with Gasteiger partial charge in [-0.3, -0.25) is 4.98 Å². The zero-order valence-corrected chi connectivity index (χ0v) is 10.8. The van der Waals surface area contributed by atoms with Crippen LogP contribution in [0.25, 0.3) is 0 Å². The van der Waals surface area contributed by atoms with Crippen molar-refractivity contribution >= 4 is 6.03 Å². The summed E-state index contributed by atoms with van der Waals surface area (Å²) in [7, 11) is 0. The number of urea groups is 1. The lowest BCUT2D eigenvalue weighted by Crippen LogP contribution is -2.44. The number of nitrogens with zero attached hydrogens (tertiary/aromatic N) is 1. The predicted octanol–water partition coefficient (Wildman–Crippen LogP) is 1.58. The highest BCUT2D eigenvalue weighted by atomic mass is 16.2. The van der Waals surface area contributed by atoms with Crippen LogP contribution in [0.5, 0.6) is 0 Å². The lowest BCUT2D eigenvalue weighted by atomic mass is 10.1. The Hall–Kier alpha value is -2.02. The first-order chi connectivity index (χ1) is 8.63. The molecule has 1 rings (SSSR count). The van der Waals surface area contributed by atoms with Gasteiger partial charge in [0.25, 0.3) is 0 Å². The van der Waals surface area contributed by atoms with Crippen LogP contribution in [0.2, 0.25) is 0 Å². The van der Waals surface area contributed by atoms with Crippen LogP contribution < -0.4 is 10.6 Å². The van der Waals surface area contributed by atoms with Gasteiger partial charge in [0.05, 0.1) is 6.04 Å².